The minimum atomic E-state index is -3.71. The van der Waals surface area contributed by atoms with E-state index < -0.39 is 27.3 Å². The Morgan fingerprint density at radius 3 is 2.14 bits per heavy atom. The van der Waals surface area contributed by atoms with E-state index in [1.54, 1.807) is 0 Å². The first-order valence-corrected chi connectivity index (χ1v) is 10.7. The van der Waals surface area contributed by atoms with Crippen LogP contribution in [-0.2, 0) is 19.4 Å². The maximum atomic E-state index is 12.9. The van der Waals surface area contributed by atoms with Gasteiger partial charge >= 0.3 is 0 Å². The van der Waals surface area contributed by atoms with Crippen molar-refractivity contribution in [1.82, 2.24) is 4.90 Å². The van der Waals surface area contributed by atoms with Crippen LogP contribution in [0.2, 0.25) is 0 Å². The van der Waals surface area contributed by atoms with Gasteiger partial charge in [0.05, 0.1) is 17.2 Å². The van der Waals surface area contributed by atoms with Gasteiger partial charge in [-0.2, -0.15) is 0 Å². The van der Waals surface area contributed by atoms with Gasteiger partial charge in [-0.1, -0.05) is 17.7 Å². The molecule has 0 aliphatic carbocycles. The number of amides is 2. The fourth-order valence-corrected chi connectivity index (χ4v) is 4.26. The van der Waals surface area contributed by atoms with Crippen LogP contribution in [0, 0.1) is 26.6 Å². The molecule has 2 rings (SSSR count). The van der Waals surface area contributed by atoms with E-state index in [1.165, 1.54) is 24.1 Å². The molecule has 0 radical (unpaired) electrons. The van der Waals surface area contributed by atoms with Gasteiger partial charge in [0.2, 0.25) is 11.8 Å². The van der Waals surface area contributed by atoms with Gasteiger partial charge in [-0.15, -0.1) is 0 Å². The van der Waals surface area contributed by atoms with Gasteiger partial charge in [-0.25, -0.2) is 12.8 Å². The molecule has 0 spiro atoms. The van der Waals surface area contributed by atoms with Gasteiger partial charge in [0, 0.05) is 19.2 Å². The number of aryl methyl sites for hydroxylation is 3. The van der Waals surface area contributed by atoms with E-state index in [0.717, 1.165) is 28.8 Å². The lowest BCUT2D eigenvalue weighted by Gasteiger charge is -2.18. The van der Waals surface area contributed by atoms with E-state index in [-0.39, 0.29) is 23.8 Å². The molecule has 6 nitrogen and oxygen atoms in total. The molecule has 2 amide bonds. The fraction of sp³-hybridized carbons (Fsp3) is 0.333. The Kier molecular flexibility index (Phi) is 7.13. The van der Waals surface area contributed by atoms with Crippen LogP contribution >= 0.6 is 0 Å². The van der Waals surface area contributed by atoms with Gasteiger partial charge in [0.1, 0.15) is 5.82 Å². The second-order valence-electron chi connectivity index (χ2n) is 7.09. The number of halogens is 1. The third-order valence-electron chi connectivity index (χ3n) is 4.51. The molecule has 29 heavy (non-hydrogen) atoms. The first-order chi connectivity index (χ1) is 13.5. The molecule has 0 aliphatic heterocycles. The molecule has 0 aromatic heterocycles. The zero-order valence-electron chi connectivity index (χ0n) is 17.0. The van der Waals surface area contributed by atoms with E-state index in [0.29, 0.717) is 5.69 Å². The van der Waals surface area contributed by atoms with Crippen LogP contribution in [0.15, 0.2) is 41.3 Å². The second kappa shape index (κ2) is 9.17. The first kappa shape index (κ1) is 22.5. The summed E-state index contributed by atoms with van der Waals surface area (Å²) in [6.07, 6.45) is -0.272. The first-order valence-electron chi connectivity index (χ1n) is 9.09. The second-order valence-corrected chi connectivity index (χ2v) is 9.20. The summed E-state index contributed by atoms with van der Waals surface area (Å²) >= 11 is 0. The highest BCUT2D eigenvalue weighted by atomic mass is 32.2. The maximum absolute atomic E-state index is 12.9. The SMILES string of the molecule is Cc1cc(C)c(NC(=O)CN(C)C(=O)CCS(=O)(=O)c2ccc(F)cc2)c(C)c1. The number of sulfone groups is 1. The molecule has 0 fully saturated rings. The van der Waals surface area contributed by atoms with Crippen molar-refractivity contribution >= 4 is 27.3 Å². The summed E-state index contributed by atoms with van der Waals surface area (Å²) in [5.74, 6) is -1.79. The number of benzene rings is 2. The molecule has 0 unspecified atom stereocenters. The van der Waals surface area contributed by atoms with Gasteiger partial charge in [-0.05, 0) is 56.2 Å². The summed E-state index contributed by atoms with van der Waals surface area (Å²) in [7, 11) is -2.27. The minimum Gasteiger partial charge on any atom is -0.336 e. The predicted octanol–water partition coefficient (Wildman–Crippen LogP) is 3.01. The zero-order valence-corrected chi connectivity index (χ0v) is 17.8. The number of likely N-dealkylation sites (N-methyl/N-ethyl adjacent to an activating group) is 1. The molecular formula is C21H25FN2O4S. The van der Waals surface area contributed by atoms with Gasteiger partial charge in [0.25, 0.3) is 0 Å². The molecule has 0 aliphatic rings. The van der Waals surface area contributed by atoms with Crippen LogP contribution in [0.5, 0.6) is 0 Å². The topological polar surface area (TPSA) is 83.6 Å². The van der Waals surface area contributed by atoms with Crippen LogP contribution < -0.4 is 5.32 Å². The lowest BCUT2D eigenvalue weighted by molar-refractivity contribution is -0.132. The summed E-state index contributed by atoms with van der Waals surface area (Å²) in [5.41, 5.74) is 3.65. The summed E-state index contributed by atoms with van der Waals surface area (Å²) < 4.78 is 37.5. The normalized spacial score (nSPS) is 11.2. The number of rotatable bonds is 7. The number of anilines is 1. The van der Waals surface area contributed by atoms with E-state index in [1.807, 2.05) is 32.9 Å². The summed E-state index contributed by atoms with van der Waals surface area (Å²) in [6, 6.07) is 8.35. The van der Waals surface area contributed by atoms with Crippen molar-refractivity contribution in [2.24, 2.45) is 0 Å². The number of hydrogen-bond acceptors (Lipinski definition) is 4. The van der Waals surface area contributed by atoms with Crippen molar-refractivity contribution in [2.75, 3.05) is 24.7 Å². The average molecular weight is 421 g/mol. The Hall–Kier alpha value is -2.74. The van der Waals surface area contributed by atoms with Crippen molar-refractivity contribution < 1.29 is 22.4 Å². The zero-order chi connectivity index (χ0) is 21.8. The third-order valence-corrected chi connectivity index (χ3v) is 6.24. The van der Waals surface area contributed by atoms with Crippen LogP contribution in [-0.4, -0.2) is 44.5 Å². The average Bonchev–Trinajstić information content (AvgIpc) is 2.63. The number of hydrogen-bond donors (Lipinski definition) is 1. The lowest BCUT2D eigenvalue weighted by Crippen LogP contribution is -2.35. The van der Waals surface area contributed by atoms with Crippen molar-refractivity contribution in [1.29, 1.82) is 0 Å². The highest BCUT2D eigenvalue weighted by molar-refractivity contribution is 7.91. The molecule has 8 heteroatoms. The van der Waals surface area contributed by atoms with E-state index in [2.05, 4.69) is 5.32 Å². The van der Waals surface area contributed by atoms with Crippen LogP contribution in [0.4, 0.5) is 10.1 Å². The van der Waals surface area contributed by atoms with Crippen LogP contribution in [0.3, 0.4) is 0 Å². The Balaban J connectivity index is 1.93. The Morgan fingerprint density at radius 2 is 1.59 bits per heavy atom. The molecule has 1 N–H and O–H groups in total. The van der Waals surface area contributed by atoms with E-state index in [4.69, 9.17) is 0 Å². The molecule has 156 valence electrons. The molecule has 0 atom stereocenters. The predicted molar refractivity (Wildman–Crippen MR) is 110 cm³/mol. The maximum Gasteiger partial charge on any atom is 0.243 e. The van der Waals surface area contributed by atoms with E-state index >= 15 is 0 Å². The summed E-state index contributed by atoms with van der Waals surface area (Å²) in [5, 5.41) is 2.81. The molecule has 0 saturated carbocycles. The molecule has 0 saturated heterocycles. The van der Waals surface area contributed by atoms with Crippen molar-refractivity contribution in [3.63, 3.8) is 0 Å². The number of nitrogens with zero attached hydrogens (tertiary/aromatic N) is 1. The molecular weight excluding hydrogens is 395 g/mol. The quantitative estimate of drug-likeness (QED) is 0.698. The highest BCUT2D eigenvalue weighted by Crippen LogP contribution is 2.21. The smallest absolute Gasteiger partial charge is 0.243 e. The highest BCUT2D eigenvalue weighted by Gasteiger charge is 2.20. The van der Waals surface area contributed by atoms with Crippen molar-refractivity contribution in [2.45, 2.75) is 32.1 Å². The minimum absolute atomic E-state index is 0.0441. The molecule has 0 heterocycles. The van der Waals surface area contributed by atoms with Crippen molar-refractivity contribution in [3.8, 4) is 0 Å². The fourth-order valence-electron chi connectivity index (χ4n) is 3.03. The van der Waals surface area contributed by atoms with Gasteiger partial charge in [0.15, 0.2) is 9.84 Å². The monoisotopic (exact) mass is 420 g/mol. The number of carbonyl (C=O) groups is 2. The van der Waals surface area contributed by atoms with Gasteiger partial charge in [-0.3, -0.25) is 9.59 Å². The largest absolute Gasteiger partial charge is 0.336 e. The van der Waals surface area contributed by atoms with Crippen molar-refractivity contribution in [3.05, 3.63) is 58.9 Å². The summed E-state index contributed by atoms with van der Waals surface area (Å²) in [4.78, 5) is 25.7. The Morgan fingerprint density at radius 1 is 1.03 bits per heavy atom. The van der Waals surface area contributed by atoms with Gasteiger partial charge < -0.3 is 10.2 Å². The number of carbonyl (C=O) groups excluding carboxylic acids is 2. The third kappa shape index (κ3) is 6.12. The van der Waals surface area contributed by atoms with Crippen LogP contribution in [0.1, 0.15) is 23.1 Å². The summed E-state index contributed by atoms with van der Waals surface area (Å²) in [6.45, 7) is 5.57. The lowest BCUT2D eigenvalue weighted by atomic mass is 10.1. The Bertz CT molecular complexity index is 994. The molecule has 0 bridgehead atoms. The van der Waals surface area contributed by atoms with E-state index in [9.17, 15) is 22.4 Å². The van der Waals surface area contributed by atoms with Crippen LogP contribution in [0.25, 0.3) is 0 Å². The molecule has 2 aromatic carbocycles. The molecule has 2 aromatic rings. The Labute approximate surface area is 170 Å². The number of nitrogens with one attached hydrogen (secondary N) is 1. The standard InChI is InChI=1S/C21H25FN2O4S/c1-14-11-15(2)21(16(3)12-14)23-19(25)13-24(4)20(26)9-10-29(27,28)18-7-5-17(22)6-8-18/h5-8,11-12H,9-10,13H2,1-4H3,(H,23,25).